The van der Waals surface area contributed by atoms with Crippen LogP contribution < -0.4 is 0 Å². The van der Waals surface area contributed by atoms with E-state index in [2.05, 4.69) is 4.98 Å². The second kappa shape index (κ2) is 15.6. The number of cyclic esters (lactones) is 1. The second-order valence-corrected chi connectivity index (χ2v) is 15.3. The van der Waals surface area contributed by atoms with Crippen LogP contribution in [0.2, 0.25) is 0 Å². The predicted octanol–water partition coefficient (Wildman–Crippen LogP) is 0.863. The molecule has 1 unspecified atom stereocenters. The van der Waals surface area contributed by atoms with Crippen molar-refractivity contribution < 1.29 is 86.1 Å². The Morgan fingerprint density at radius 3 is 1.91 bits per heavy atom. The summed E-state index contributed by atoms with van der Waals surface area (Å²) in [5.74, 6) is -10.5. The molecular weight excluding hydrogens is 758 g/mol. The van der Waals surface area contributed by atoms with E-state index in [-0.39, 0.29) is 24.1 Å². The number of fused-ring (bicyclic) bond motifs is 5. The van der Waals surface area contributed by atoms with Crippen LogP contribution in [0.25, 0.3) is 0 Å². The average Bonchev–Trinajstić information content (AvgIpc) is 3.32. The smallest absolute Gasteiger partial charge is 0.340 e. The first kappa shape index (κ1) is 43.0. The number of ether oxygens (including phenoxy) is 9. The Morgan fingerprint density at radius 2 is 1.35 bits per heavy atom. The van der Waals surface area contributed by atoms with Crippen molar-refractivity contribution in [1.29, 1.82) is 0 Å². The van der Waals surface area contributed by atoms with Crippen LogP contribution in [0.1, 0.15) is 84.8 Å². The summed E-state index contributed by atoms with van der Waals surface area (Å²) in [5, 5.41) is 13.4. The van der Waals surface area contributed by atoms with Crippen LogP contribution in [0.3, 0.4) is 0 Å². The quantitative estimate of drug-likeness (QED) is 0.296. The van der Waals surface area contributed by atoms with Gasteiger partial charge in [-0.05, 0) is 38.8 Å². The lowest BCUT2D eigenvalue weighted by atomic mass is 9.45. The molecule has 2 saturated carbocycles. The topological polar surface area (TPSA) is 253 Å². The lowest BCUT2D eigenvalue weighted by Crippen LogP contribution is -2.89. The third-order valence-electron chi connectivity index (χ3n) is 11.1. The zero-order valence-electron chi connectivity index (χ0n) is 33.0. The van der Waals surface area contributed by atoms with E-state index in [1.54, 1.807) is 0 Å². The molecule has 0 amide bonds. The minimum absolute atomic E-state index is 0.0290. The van der Waals surface area contributed by atoms with Crippen LogP contribution in [0, 0.1) is 17.3 Å². The number of hydrogen-bond acceptors (Lipinski definition) is 19. The zero-order valence-corrected chi connectivity index (χ0v) is 33.0. The molecule has 0 radical (unpaired) electrons. The van der Waals surface area contributed by atoms with Gasteiger partial charge in [-0.1, -0.05) is 6.92 Å². The molecule has 2 aliphatic carbocycles. The van der Waals surface area contributed by atoms with E-state index in [9.17, 15) is 43.5 Å². The van der Waals surface area contributed by atoms with Gasteiger partial charge in [0.1, 0.15) is 42.0 Å². The van der Waals surface area contributed by atoms with Crippen LogP contribution in [0.15, 0.2) is 18.3 Å². The Bertz CT molecular complexity index is 1840. The van der Waals surface area contributed by atoms with Crippen molar-refractivity contribution in [3.8, 4) is 0 Å². The minimum atomic E-state index is -2.80. The maximum Gasteiger partial charge on any atom is 0.340 e. The largest absolute Gasteiger partial charge is 0.465 e. The number of esters is 8. The first-order chi connectivity index (χ1) is 26.5. The van der Waals surface area contributed by atoms with Gasteiger partial charge in [-0.25, -0.2) is 4.79 Å². The van der Waals surface area contributed by atoms with E-state index in [4.69, 9.17) is 42.6 Å². The fourth-order valence-electron chi connectivity index (χ4n) is 9.16. The highest BCUT2D eigenvalue weighted by Crippen LogP contribution is 2.70. The average molecular weight is 806 g/mol. The summed E-state index contributed by atoms with van der Waals surface area (Å²) < 4.78 is 54.2. The number of hydrogen-bond donors (Lipinski definition) is 1. The van der Waals surface area contributed by atoms with E-state index in [1.807, 2.05) is 0 Å². The Labute approximate surface area is 327 Å². The van der Waals surface area contributed by atoms with Gasteiger partial charge in [-0.3, -0.25) is 38.5 Å². The van der Waals surface area contributed by atoms with Crippen LogP contribution in [0.5, 0.6) is 0 Å². The van der Waals surface area contributed by atoms with Gasteiger partial charge in [-0.15, -0.1) is 0 Å². The molecule has 5 rings (SSSR count). The molecule has 3 fully saturated rings. The zero-order chi connectivity index (χ0) is 42.4. The second-order valence-electron chi connectivity index (χ2n) is 15.3. The van der Waals surface area contributed by atoms with Crippen molar-refractivity contribution in [1.82, 2.24) is 4.98 Å². The molecule has 1 spiro atoms. The molecule has 3 heterocycles. The molecule has 312 valence electrons. The molecule has 1 N–H and O–H groups in total. The van der Waals surface area contributed by atoms with Crippen molar-refractivity contribution in [3.05, 3.63) is 29.6 Å². The summed E-state index contributed by atoms with van der Waals surface area (Å²) in [6, 6.07) is 2.95. The molecule has 12 atom stereocenters. The standard InChI is InChI=1S/C38H47NO18/c1-17-12-13-25-24(11-10-14-39-25)34(47)50-15-35(8)26-27(51-19(3)41)31(54-22(6)44)37(16-49-18(2)40)32(55-23(7)45)28(52-20(4)42)30(56-33(17)46)36(9,48)38(37,57-35)29(26)53-21(5)43/h10-11,14,17,26-32,48H,12-13,15-16H2,1-9H3/t17?,26-,27-,28+,29-,30+,31-,32+,35+,36+,37-,38-/m1/s1. The highest BCUT2D eigenvalue weighted by atomic mass is 16.7. The maximum absolute atomic E-state index is 14.1. The fraction of sp³-hybridized carbons (Fsp3) is 0.658. The fourth-order valence-corrected chi connectivity index (χ4v) is 9.16. The van der Waals surface area contributed by atoms with E-state index in [1.165, 1.54) is 32.2 Å². The van der Waals surface area contributed by atoms with E-state index in [0.29, 0.717) is 0 Å². The number of aryl methyl sites for hydroxylation is 1. The molecule has 57 heavy (non-hydrogen) atoms. The molecule has 2 aliphatic heterocycles. The number of carbonyl (C=O) groups is 8. The normalized spacial score (nSPS) is 37.1. The predicted molar refractivity (Wildman–Crippen MR) is 185 cm³/mol. The Kier molecular flexibility index (Phi) is 11.8. The number of nitrogens with zero attached hydrogens (tertiary/aromatic N) is 1. The first-order valence-corrected chi connectivity index (χ1v) is 18.3. The first-order valence-electron chi connectivity index (χ1n) is 18.3. The summed E-state index contributed by atoms with van der Waals surface area (Å²) in [6.45, 7) is 8.15. The summed E-state index contributed by atoms with van der Waals surface area (Å²) in [4.78, 5) is 111. The van der Waals surface area contributed by atoms with Crippen LogP contribution in [0.4, 0.5) is 0 Å². The Morgan fingerprint density at radius 1 is 0.807 bits per heavy atom. The minimum Gasteiger partial charge on any atom is -0.465 e. The van der Waals surface area contributed by atoms with Gasteiger partial charge in [0.25, 0.3) is 0 Å². The van der Waals surface area contributed by atoms with E-state index >= 15 is 0 Å². The Balaban J connectivity index is 1.99. The van der Waals surface area contributed by atoms with Gasteiger partial charge < -0.3 is 47.7 Å². The van der Waals surface area contributed by atoms with Gasteiger partial charge in [-0.2, -0.15) is 0 Å². The molecule has 1 aromatic rings. The number of aromatic nitrogens is 1. The van der Waals surface area contributed by atoms with Gasteiger partial charge in [0, 0.05) is 47.7 Å². The van der Waals surface area contributed by atoms with Gasteiger partial charge in [0.2, 0.25) is 0 Å². The van der Waals surface area contributed by atoms with Gasteiger partial charge in [0.05, 0.1) is 23.1 Å². The van der Waals surface area contributed by atoms with Gasteiger partial charge >= 0.3 is 47.8 Å². The Hall–Kier alpha value is -5.17. The monoisotopic (exact) mass is 805 g/mol. The summed E-state index contributed by atoms with van der Waals surface area (Å²) in [7, 11) is 0. The van der Waals surface area contributed by atoms with Crippen molar-refractivity contribution in [2.24, 2.45) is 17.3 Å². The third kappa shape index (κ3) is 7.30. The molecule has 4 bridgehead atoms. The number of aliphatic hydroxyl groups is 1. The van der Waals surface area contributed by atoms with Gasteiger partial charge in [0.15, 0.2) is 30.0 Å². The molecule has 0 aromatic carbocycles. The molecule has 1 saturated heterocycles. The summed E-state index contributed by atoms with van der Waals surface area (Å²) in [6.07, 6.45) is -10.3. The molecule has 19 nitrogen and oxygen atoms in total. The van der Waals surface area contributed by atoms with E-state index < -0.39 is 132 Å². The number of pyridine rings is 1. The van der Waals surface area contributed by atoms with Crippen LogP contribution >= 0.6 is 0 Å². The van der Waals surface area contributed by atoms with E-state index in [0.717, 1.165) is 48.5 Å². The highest BCUT2D eigenvalue weighted by molar-refractivity contribution is 5.90. The highest BCUT2D eigenvalue weighted by Gasteiger charge is 2.92. The van der Waals surface area contributed by atoms with Crippen molar-refractivity contribution in [2.75, 3.05) is 13.2 Å². The lowest BCUT2D eigenvalue weighted by molar-refractivity contribution is -0.386. The summed E-state index contributed by atoms with van der Waals surface area (Å²) in [5.41, 5.74) is -9.87. The summed E-state index contributed by atoms with van der Waals surface area (Å²) >= 11 is 0. The van der Waals surface area contributed by atoms with Crippen molar-refractivity contribution >= 4 is 47.8 Å². The molecular formula is C38H47NO18. The number of carbonyl (C=O) groups excluding carboxylic acids is 8. The van der Waals surface area contributed by atoms with Crippen molar-refractivity contribution in [3.63, 3.8) is 0 Å². The third-order valence-corrected chi connectivity index (χ3v) is 11.1. The molecule has 4 aliphatic rings. The maximum atomic E-state index is 14.1. The van der Waals surface area contributed by atoms with Crippen LogP contribution in [-0.2, 0) is 82.6 Å². The lowest BCUT2D eigenvalue weighted by Gasteiger charge is -2.67. The SMILES string of the molecule is CC(=O)OC[C@]12[C@H](OC(C)=O)[C@H](OC(C)=O)[C@@H]3[C@@H](OC(C)=O)[C@]14O[C@@]3(C)COC(=O)c1cccnc1CCC(C)C(=O)O[C@@H]([C@H](OC(C)=O)[C@@H]2OC(C)=O)[C@]4(C)O. The molecule has 1 aromatic heterocycles. The number of rotatable bonds is 7. The van der Waals surface area contributed by atoms with Crippen LogP contribution in [-0.4, -0.2) is 124 Å². The molecule has 19 heteroatoms. The van der Waals surface area contributed by atoms with Crippen molar-refractivity contribution in [2.45, 2.75) is 129 Å².